The van der Waals surface area contributed by atoms with Crippen molar-refractivity contribution in [2.75, 3.05) is 17.2 Å². The summed E-state index contributed by atoms with van der Waals surface area (Å²) in [6.07, 6.45) is 1.36. The topological polar surface area (TPSA) is 214 Å². The highest BCUT2D eigenvalue weighted by Crippen LogP contribution is 2.31. The van der Waals surface area contributed by atoms with E-state index in [-0.39, 0.29) is 36.5 Å². The second-order valence-electron chi connectivity index (χ2n) is 7.37. The first kappa shape index (κ1) is 26.6. The molecule has 0 bridgehead atoms. The predicted octanol–water partition coefficient (Wildman–Crippen LogP) is 4.36. The molecule has 0 amide bonds. The molecule has 0 spiro atoms. The molecular weight excluding hydrogens is 468 g/mol. The highest BCUT2D eigenvalue weighted by molar-refractivity contribution is 5.87. The number of carbonyl (C=O) groups is 1. The van der Waals surface area contributed by atoms with Crippen molar-refractivity contribution < 1.29 is 24.5 Å². The van der Waals surface area contributed by atoms with Crippen LogP contribution in [-0.4, -0.2) is 38.1 Å². The molecule has 2 aromatic carbocycles. The van der Waals surface area contributed by atoms with E-state index >= 15 is 0 Å². The van der Waals surface area contributed by atoms with Gasteiger partial charge in [0.15, 0.2) is 5.78 Å². The average molecular weight is 490 g/mol. The van der Waals surface area contributed by atoms with E-state index in [9.17, 15) is 45.3 Å². The first-order chi connectivity index (χ1) is 16.5. The number of Topliss-reactive ketones (excluding diaryl/α,β-unsaturated/α-hetero) is 1. The number of carbonyl (C=O) groups excluding carboxylic acids is 1. The molecule has 0 aliphatic carbocycles. The largest absolute Gasteiger partial charge is 0.379 e. The zero-order valence-electron chi connectivity index (χ0n) is 18.5. The van der Waals surface area contributed by atoms with Gasteiger partial charge in [0.2, 0.25) is 0 Å². The lowest BCUT2D eigenvalue weighted by Crippen LogP contribution is -2.29. The lowest BCUT2D eigenvalue weighted by molar-refractivity contribution is -0.393. The van der Waals surface area contributed by atoms with Gasteiger partial charge in [-0.15, -0.1) is 0 Å². The van der Waals surface area contributed by atoms with Gasteiger partial charge in [-0.25, -0.2) is 0 Å². The highest BCUT2D eigenvalue weighted by Gasteiger charge is 2.24. The van der Waals surface area contributed by atoms with Gasteiger partial charge < -0.3 is 10.6 Å². The van der Waals surface area contributed by atoms with Gasteiger partial charge in [-0.05, 0) is 31.4 Å². The molecule has 2 aromatic rings. The van der Waals surface area contributed by atoms with Crippen molar-refractivity contribution in [3.63, 3.8) is 0 Å². The maximum absolute atomic E-state index is 12.4. The van der Waals surface area contributed by atoms with Crippen LogP contribution < -0.4 is 10.6 Å². The fourth-order valence-electron chi connectivity index (χ4n) is 3.29. The van der Waals surface area contributed by atoms with Crippen LogP contribution in [-0.2, 0) is 4.79 Å². The van der Waals surface area contributed by atoms with Gasteiger partial charge in [0.1, 0.15) is 11.4 Å². The van der Waals surface area contributed by atoms with Crippen LogP contribution in [0, 0.1) is 40.5 Å². The average Bonchev–Trinajstić information content (AvgIpc) is 2.82. The molecule has 2 rings (SSSR count). The first-order valence-corrected chi connectivity index (χ1v) is 10.4. The Balaban J connectivity index is 2.03. The highest BCUT2D eigenvalue weighted by atomic mass is 16.6. The van der Waals surface area contributed by atoms with Crippen LogP contribution in [0.15, 0.2) is 36.4 Å². The lowest BCUT2D eigenvalue weighted by Gasteiger charge is -2.18. The van der Waals surface area contributed by atoms with Crippen LogP contribution in [0.5, 0.6) is 0 Å². The van der Waals surface area contributed by atoms with Crippen molar-refractivity contribution in [1.82, 2.24) is 0 Å². The number of nitro benzene ring substituents is 4. The van der Waals surface area contributed by atoms with Crippen LogP contribution in [0.2, 0.25) is 0 Å². The van der Waals surface area contributed by atoms with E-state index in [1.807, 2.05) is 0 Å². The number of unbranched alkanes of at least 4 members (excludes halogenated alkanes) is 1. The van der Waals surface area contributed by atoms with Crippen molar-refractivity contribution in [3.8, 4) is 0 Å². The number of anilines is 2. The van der Waals surface area contributed by atoms with Crippen LogP contribution >= 0.6 is 0 Å². The predicted molar refractivity (Wildman–Crippen MR) is 125 cm³/mol. The minimum absolute atomic E-state index is 0.0213. The summed E-state index contributed by atoms with van der Waals surface area (Å²) < 4.78 is 0. The molecule has 0 radical (unpaired) electrons. The summed E-state index contributed by atoms with van der Waals surface area (Å²) in [5.41, 5.74) is -1.74. The van der Waals surface area contributed by atoms with Gasteiger partial charge in [0.05, 0.1) is 37.9 Å². The van der Waals surface area contributed by atoms with E-state index in [2.05, 4.69) is 10.6 Å². The van der Waals surface area contributed by atoms with E-state index in [1.54, 1.807) is 6.92 Å². The van der Waals surface area contributed by atoms with Crippen LogP contribution in [0.4, 0.5) is 34.1 Å². The van der Waals surface area contributed by atoms with Crippen LogP contribution in [0.3, 0.4) is 0 Å². The molecule has 0 heterocycles. The third kappa shape index (κ3) is 7.15. The molecule has 1 atom stereocenters. The Morgan fingerprint density at radius 3 is 1.80 bits per heavy atom. The Kier molecular flexibility index (Phi) is 9.08. The molecule has 15 heteroatoms. The molecule has 0 aliphatic rings. The van der Waals surface area contributed by atoms with Crippen molar-refractivity contribution in [3.05, 3.63) is 76.9 Å². The third-order valence-electron chi connectivity index (χ3n) is 5.08. The number of nitrogens with one attached hydrogen (secondary N) is 2. The molecule has 0 aromatic heterocycles. The zero-order valence-corrected chi connectivity index (χ0v) is 18.5. The molecule has 35 heavy (non-hydrogen) atoms. The van der Waals surface area contributed by atoms with E-state index in [1.165, 1.54) is 12.1 Å². The monoisotopic (exact) mass is 490 g/mol. The molecule has 15 nitrogen and oxygen atoms in total. The second-order valence-corrected chi connectivity index (χ2v) is 7.37. The summed E-state index contributed by atoms with van der Waals surface area (Å²) >= 11 is 0. The summed E-state index contributed by atoms with van der Waals surface area (Å²) in [6, 6.07) is 5.57. The SMILES string of the molecule is CCC(=O)[C@H](CCCCNc1ccc([N+](=O)[O-])cc1[N+](=O)[O-])Nc1ccc([N+](=O)[O-])cc1[N+](=O)[O-]. The standard InChI is InChI=1S/C20H22N6O9/c1-2-20(27)17(22-16-9-7-14(24(30)31)12-19(16)26(34)35)5-3-4-10-21-15-8-6-13(23(28)29)11-18(15)25(32)33/h6-9,11-12,17,21-22H,2-5,10H2,1H3/t17-/m0/s1. The van der Waals surface area contributed by atoms with Gasteiger partial charge in [0, 0.05) is 25.1 Å². The quantitative estimate of drug-likeness (QED) is 0.215. The number of benzene rings is 2. The lowest BCUT2D eigenvalue weighted by atomic mass is 10.0. The maximum atomic E-state index is 12.4. The zero-order chi connectivity index (χ0) is 26.1. The van der Waals surface area contributed by atoms with E-state index in [0.717, 1.165) is 24.3 Å². The van der Waals surface area contributed by atoms with E-state index in [0.29, 0.717) is 12.8 Å². The molecular formula is C20H22N6O9. The number of hydrogen-bond acceptors (Lipinski definition) is 11. The maximum Gasteiger partial charge on any atom is 0.299 e. The third-order valence-corrected chi connectivity index (χ3v) is 5.08. The number of ketones is 1. The van der Waals surface area contributed by atoms with Crippen molar-refractivity contribution in [2.45, 2.75) is 38.6 Å². The summed E-state index contributed by atoms with van der Waals surface area (Å²) in [6.45, 7) is 1.90. The molecule has 0 aliphatic heterocycles. The van der Waals surface area contributed by atoms with Crippen molar-refractivity contribution >= 4 is 39.9 Å². The number of rotatable bonds is 14. The number of hydrogen-bond donors (Lipinski definition) is 2. The summed E-state index contributed by atoms with van der Waals surface area (Å²) in [4.78, 5) is 53.7. The van der Waals surface area contributed by atoms with Crippen molar-refractivity contribution in [1.29, 1.82) is 0 Å². The molecule has 0 unspecified atom stereocenters. The van der Waals surface area contributed by atoms with E-state index < -0.39 is 48.5 Å². The van der Waals surface area contributed by atoms with Gasteiger partial charge in [-0.2, -0.15) is 0 Å². The molecule has 0 saturated heterocycles. The molecule has 186 valence electrons. The normalized spacial score (nSPS) is 11.3. The summed E-state index contributed by atoms with van der Waals surface area (Å²) in [5.74, 6) is -0.211. The van der Waals surface area contributed by atoms with Crippen LogP contribution in [0.1, 0.15) is 32.6 Å². The fraction of sp³-hybridized carbons (Fsp3) is 0.350. The Labute approximate surface area is 197 Å². The molecule has 0 saturated carbocycles. The Morgan fingerprint density at radius 1 is 0.800 bits per heavy atom. The van der Waals surface area contributed by atoms with E-state index in [4.69, 9.17) is 0 Å². The van der Waals surface area contributed by atoms with Crippen LogP contribution in [0.25, 0.3) is 0 Å². The van der Waals surface area contributed by atoms with Gasteiger partial charge in [0.25, 0.3) is 22.7 Å². The number of nitro groups is 4. The Bertz CT molecular complexity index is 1150. The van der Waals surface area contributed by atoms with Gasteiger partial charge in [-0.3, -0.25) is 45.3 Å². The van der Waals surface area contributed by atoms with Gasteiger partial charge >= 0.3 is 0 Å². The Hall–Kier alpha value is -4.69. The van der Waals surface area contributed by atoms with Crippen molar-refractivity contribution in [2.24, 2.45) is 0 Å². The summed E-state index contributed by atoms with van der Waals surface area (Å²) in [5, 5.41) is 49.9. The molecule has 0 fully saturated rings. The minimum atomic E-state index is -0.783. The number of nitrogens with zero attached hydrogens (tertiary/aromatic N) is 4. The summed E-state index contributed by atoms with van der Waals surface area (Å²) in [7, 11) is 0. The molecule has 2 N–H and O–H groups in total. The smallest absolute Gasteiger partial charge is 0.299 e. The van der Waals surface area contributed by atoms with Gasteiger partial charge in [-0.1, -0.05) is 6.92 Å². The first-order valence-electron chi connectivity index (χ1n) is 10.4. The fourth-order valence-corrected chi connectivity index (χ4v) is 3.29. The number of non-ortho nitro benzene ring substituents is 2. The Morgan fingerprint density at radius 2 is 1.31 bits per heavy atom. The minimum Gasteiger partial charge on any atom is -0.379 e. The second kappa shape index (κ2) is 12.0.